The van der Waals surface area contributed by atoms with E-state index in [-0.39, 0.29) is 5.41 Å². The van der Waals surface area contributed by atoms with Gasteiger partial charge < -0.3 is 10.1 Å². The molecule has 0 heterocycles. The Morgan fingerprint density at radius 2 is 2.10 bits per heavy atom. The number of hydrogen-bond donors (Lipinski definition) is 1. The Morgan fingerprint density at radius 1 is 1.25 bits per heavy atom. The van der Waals surface area contributed by atoms with Crippen molar-refractivity contribution in [1.29, 1.82) is 0 Å². The molecular weight excluding hydrogens is 246 g/mol. The summed E-state index contributed by atoms with van der Waals surface area (Å²) < 4.78 is 5.47. The van der Waals surface area contributed by atoms with Gasteiger partial charge in [-0.2, -0.15) is 0 Å². The molecule has 2 aliphatic carbocycles. The fourth-order valence-electron chi connectivity index (χ4n) is 4.67. The summed E-state index contributed by atoms with van der Waals surface area (Å²) >= 11 is 0. The number of fused-ring (bicyclic) bond motifs is 4. The maximum atomic E-state index is 5.47. The van der Waals surface area contributed by atoms with Crippen molar-refractivity contribution < 1.29 is 4.74 Å². The van der Waals surface area contributed by atoms with E-state index in [1.807, 2.05) is 0 Å². The van der Waals surface area contributed by atoms with Gasteiger partial charge in [-0.25, -0.2) is 0 Å². The zero-order valence-electron chi connectivity index (χ0n) is 13.0. The highest BCUT2D eigenvalue weighted by atomic mass is 16.5. The number of hydrogen-bond acceptors (Lipinski definition) is 2. The van der Waals surface area contributed by atoms with Gasteiger partial charge in [0.1, 0.15) is 5.75 Å². The third-order valence-corrected chi connectivity index (χ3v) is 5.65. The lowest BCUT2D eigenvalue weighted by Gasteiger charge is -2.49. The Bertz CT molecular complexity index is 484. The summed E-state index contributed by atoms with van der Waals surface area (Å²) in [5.74, 6) is 1.78. The van der Waals surface area contributed by atoms with Crippen molar-refractivity contribution >= 4 is 0 Å². The van der Waals surface area contributed by atoms with Crippen LogP contribution in [0.25, 0.3) is 0 Å². The van der Waals surface area contributed by atoms with Crippen molar-refractivity contribution in [2.24, 2.45) is 5.92 Å². The van der Waals surface area contributed by atoms with Crippen LogP contribution < -0.4 is 10.1 Å². The Kier molecular flexibility index (Phi) is 3.76. The first-order chi connectivity index (χ1) is 9.69. The van der Waals surface area contributed by atoms with Gasteiger partial charge >= 0.3 is 0 Å². The SMILES string of the molecule is CN[C@H]1[C@H]2CCCCC[C@]1(C)c1cc(OC)ccc1C2. The lowest BCUT2D eigenvalue weighted by molar-refractivity contribution is 0.174. The van der Waals surface area contributed by atoms with Crippen LogP contribution in [-0.2, 0) is 11.8 Å². The Morgan fingerprint density at radius 3 is 2.85 bits per heavy atom. The molecule has 1 saturated carbocycles. The zero-order chi connectivity index (χ0) is 14.2. The maximum absolute atomic E-state index is 5.47. The van der Waals surface area contributed by atoms with Crippen molar-refractivity contribution in [3.8, 4) is 5.75 Å². The predicted molar refractivity (Wildman–Crippen MR) is 83.5 cm³/mol. The fourth-order valence-corrected chi connectivity index (χ4v) is 4.67. The summed E-state index contributed by atoms with van der Waals surface area (Å²) in [6.45, 7) is 2.46. The van der Waals surface area contributed by atoms with Crippen molar-refractivity contribution in [3.63, 3.8) is 0 Å². The number of methoxy groups -OCH3 is 1. The number of benzene rings is 1. The minimum atomic E-state index is 0.252. The van der Waals surface area contributed by atoms with Crippen molar-refractivity contribution in [2.75, 3.05) is 14.2 Å². The molecule has 2 aliphatic rings. The highest BCUT2D eigenvalue weighted by Gasteiger charge is 2.44. The van der Waals surface area contributed by atoms with E-state index < -0.39 is 0 Å². The standard InChI is InChI=1S/C18H27NO/c1-18-10-6-4-5-7-14(17(18)19-2)11-13-8-9-15(20-3)12-16(13)18/h8-9,12,14,17,19H,4-7,10-11H2,1-3H3/t14-,17-,18+/m0/s1. The molecule has 0 saturated heterocycles. The van der Waals surface area contributed by atoms with E-state index in [2.05, 4.69) is 37.5 Å². The third-order valence-electron chi connectivity index (χ3n) is 5.65. The van der Waals surface area contributed by atoms with Crippen LogP contribution in [0.15, 0.2) is 18.2 Å². The zero-order valence-corrected chi connectivity index (χ0v) is 13.0. The molecule has 1 aromatic rings. The van der Waals surface area contributed by atoms with Gasteiger partial charge in [-0.05, 0) is 55.5 Å². The molecule has 0 radical (unpaired) electrons. The molecular formula is C18H27NO. The average molecular weight is 273 g/mol. The number of ether oxygens (including phenoxy) is 1. The summed E-state index contributed by atoms with van der Waals surface area (Å²) in [4.78, 5) is 0. The Hall–Kier alpha value is -1.02. The monoisotopic (exact) mass is 273 g/mol. The van der Waals surface area contributed by atoms with Crippen LogP contribution in [0.1, 0.15) is 50.2 Å². The summed E-state index contributed by atoms with van der Waals surface area (Å²) in [5.41, 5.74) is 3.32. The Labute approximate surface area is 122 Å². The van der Waals surface area contributed by atoms with Crippen LogP contribution in [0.3, 0.4) is 0 Å². The number of likely N-dealkylation sites (N-methyl/N-ethyl adjacent to an activating group) is 1. The van der Waals surface area contributed by atoms with Gasteiger partial charge in [-0.3, -0.25) is 0 Å². The van der Waals surface area contributed by atoms with Gasteiger partial charge in [0.05, 0.1) is 7.11 Å². The molecule has 0 aromatic heterocycles. The highest BCUT2D eigenvalue weighted by molar-refractivity contribution is 5.44. The van der Waals surface area contributed by atoms with Crippen LogP contribution in [0.5, 0.6) is 5.75 Å². The molecule has 0 amide bonds. The van der Waals surface area contributed by atoms with Crippen LogP contribution in [0.4, 0.5) is 0 Å². The molecule has 3 rings (SSSR count). The van der Waals surface area contributed by atoms with E-state index in [1.165, 1.54) is 44.1 Å². The van der Waals surface area contributed by atoms with Gasteiger partial charge in [-0.1, -0.05) is 32.3 Å². The van der Waals surface area contributed by atoms with E-state index in [9.17, 15) is 0 Å². The molecule has 2 bridgehead atoms. The molecule has 1 aromatic carbocycles. The summed E-state index contributed by atoms with van der Waals surface area (Å²) in [6.07, 6.45) is 8.01. The molecule has 2 heteroatoms. The van der Waals surface area contributed by atoms with Crippen LogP contribution in [0.2, 0.25) is 0 Å². The van der Waals surface area contributed by atoms with E-state index in [0.29, 0.717) is 6.04 Å². The second-order valence-electron chi connectivity index (χ2n) is 6.77. The number of nitrogens with one attached hydrogen (secondary N) is 1. The molecule has 2 nitrogen and oxygen atoms in total. The highest BCUT2D eigenvalue weighted by Crippen LogP contribution is 2.47. The Balaban J connectivity index is 2.10. The summed E-state index contributed by atoms with van der Waals surface area (Å²) in [5, 5.41) is 3.65. The van der Waals surface area contributed by atoms with Gasteiger partial charge in [0.2, 0.25) is 0 Å². The quantitative estimate of drug-likeness (QED) is 0.887. The van der Waals surface area contributed by atoms with Crippen LogP contribution in [-0.4, -0.2) is 20.2 Å². The normalized spacial score (nSPS) is 33.0. The molecule has 0 aliphatic heterocycles. The van der Waals surface area contributed by atoms with Gasteiger partial charge in [0.25, 0.3) is 0 Å². The second-order valence-corrected chi connectivity index (χ2v) is 6.77. The van der Waals surface area contributed by atoms with Crippen molar-refractivity contribution in [3.05, 3.63) is 29.3 Å². The topological polar surface area (TPSA) is 21.3 Å². The first-order valence-corrected chi connectivity index (χ1v) is 8.03. The van der Waals surface area contributed by atoms with Crippen molar-refractivity contribution in [2.45, 2.75) is 56.9 Å². The largest absolute Gasteiger partial charge is 0.497 e. The third kappa shape index (κ3) is 2.14. The van der Waals surface area contributed by atoms with E-state index in [4.69, 9.17) is 4.74 Å². The molecule has 0 unspecified atom stereocenters. The molecule has 1 fully saturated rings. The maximum Gasteiger partial charge on any atom is 0.119 e. The summed E-state index contributed by atoms with van der Waals surface area (Å²) in [7, 11) is 3.91. The smallest absolute Gasteiger partial charge is 0.119 e. The van der Waals surface area contributed by atoms with E-state index >= 15 is 0 Å². The lowest BCUT2D eigenvalue weighted by atomic mass is 9.59. The molecule has 20 heavy (non-hydrogen) atoms. The van der Waals surface area contributed by atoms with E-state index in [1.54, 1.807) is 12.7 Å². The van der Waals surface area contributed by atoms with Gasteiger partial charge in [0, 0.05) is 11.5 Å². The van der Waals surface area contributed by atoms with E-state index in [0.717, 1.165) is 11.7 Å². The fraction of sp³-hybridized carbons (Fsp3) is 0.667. The predicted octanol–water partition coefficient (Wildman–Crippen LogP) is 3.68. The molecule has 1 N–H and O–H groups in total. The molecule has 3 atom stereocenters. The average Bonchev–Trinajstić information content (AvgIpc) is 2.45. The van der Waals surface area contributed by atoms with Crippen molar-refractivity contribution in [1.82, 2.24) is 5.32 Å². The molecule has 110 valence electrons. The minimum absolute atomic E-state index is 0.252. The second kappa shape index (κ2) is 5.40. The lowest BCUT2D eigenvalue weighted by Crippen LogP contribution is -2.54. The van der Waals surface area contributed by atoms with Gasteiger partial charge in [0.15, 0.2) is 0 Å². The van der Waals surface area contributed by atoms with Gasteiger partial charge in [-0.15, -0.1) is 0 Å². The number of rotatable bonds is 2. The van der Waals surface area contributed by atoms with Crippen LogP contribution >= 0.6 is 0 Å². The summed E-state index contributed by atoms with van der Waals surface area (Å²) in [6, 6.07) is 7.31. The minimum Gasteiger partial charge on any atom is -0.497 e. The first kappa shape index (κ1) is 13.9. The van der Waals surface area contributed by atoms with Crippen LogP contribution in [0, 0.1) is 5.92 Å². The first-order valence-electron chi connectivity index (χ1n) is 8.03. The molecule has 0 spiro atoms.